The fourth-order valence-corrected chi connectivity index (χ4v) is 3.21. The molecule has 2 N–H and O–H groups in total. The summed E-state index contributed by atoms with van der Waals surface area (Å²) >= 11 is 0. The van der Waals surface area contributed by atoms with Crippen LogP contribution >= 0.6 is 0 Å². The quantitative estimate of drug-likeness (QED) is 0.407. The Balaban J connectivity index is 1.29. The number of nitrogens with one attached hydrogen (secondary N) is 2. The number of urea groups is 1. The number of aryl methyl sites for hydroxylation is 1. The van der Waals surface area contributed by atoms with Crippen molar-refractivity contribution in [1.29, 1.82) is 0 Å². The Morgan fingerprint density at radius 3 is 2.56 bits per heavy atom. The molecule has 0 aliphatic heterocycles. The molecule has 2 aromatic carbocycles. The average Bonchev–Trinajstić information content (AvgIpc) is 3.55. The lowest BCUT2D eigenvalue weighted by Crippen LogP contribution is -2.33. The van der Waals surface area contributed by atoms with E-state index in [-0.39, 0.29) is 11.9 Å². The topological polar surface area (TPSA) is 114 Å². The van der Waals surface area contributed by atoms with Gasteiger partial charge < -0.3 is 24.5 Å². The van der Waals surface area contributed by atoms with Crippen LogP contribution in [-0.4, -0.2) is 40.6 Å². The molecule has 34 heavy (non-hydrogen) atoms. The molecule has 2 heterocycles. The molecule has 9 heteroatoms. The van der Waals surface area contributed by atoms with Crippen molar-refractivity contribution in [3.05, 3.63) is 89.6 Å². The van der Waals surface area contributed by atoms with E-state index in [9.17, 15) is 9.59 Å². The SMILES string of the molecule is Cc1ccccc1NC(=O)N(C)CCc1noc(-c2ccc(C(=O)NCc3ccco3)cc2)n1. The molecule has 0 aliphatic rings. The Morgan fingerprint density at radius 2 is 1.82 bits per heavy atom. The van der Waals surface area contributed by atoms with E-state index in [0.29, 0.717) is 48.1 Å². The predicted octanol–water partition coefficient (Wildman–Crippen LogP) is 4.27. The molecule has 0 bridgehead atoms. The fourth-order valence-electron chi connectivity index (χ4n) is 3.21. The Labute approximate surface area is 196 Å². The average molecular weight is 460 g/mol. The molecule has 0 unspecified atom stereocenters. The predicted molar refractivity (Wildman–Crippen MR) is 126 cm³/mol. The van der Waals surface area contributed by atoms with E-state index in [1.807, 2.05) is 31.2 Å². The van der Waals surface area contributed by atoms with Crippen LogP contribution < -0.4 is 10.6 Å². The fraction of sp³-hybridized carbons (Fsp3) is 0.200. The molecule has 2 aromatic heterocycles. The van der Waals surface area contributed by atoms with Crippen molar-refractivity contribution in [3.8, 4) is 11.5 Å². The van der Waals surface area contributed by atoms with E-state index in [4.69, 9.17) is 8.94 Å². The Kier molecular flexibility index (Phi) is 7.02. The summed E-state index contributed by atoms with van der Waals surface area (Å²) in [6.45, 7) is 2.68. The number of benzene rings is 2. The second-order valence-corrected chi connectivity index (χ2v) is 7.77. The molecule has 9 nitrogen and oxygen atoms in total. The summed E-state index contributed by atoms with van der Waals surface area (Å²) in [5.74, 6) is 1.32. The number of rotatable bonds is 8. The van der Waals surface area contributed by atoms with Crippen molar-refractivity contribution >= 4 is 17.6 Å². The number of furan rings is 1. The molecule has 0 saturated heterocycles. The smallest absolute Gasteiger partial charge is 0.321 e. The molecule has 3 amide bonds. The van der Waals surface area contributed by atoms with Crippen LogP contribution in [0.1, 0.15) is 27.5 Å². The third-order valence-electron chi connectivity index (χ3n) is 5.27. The van der Waals surface area contributed by atoms with Crippen LogP contribution in [0.3, 0.4) is 0 Å². The van der Waals surface area contributed by atoms with E-state index in [1.54, 1.807) is 54.6 Å². The maximum Gasteiger partial charge on any atom is 0.321 e. The van der Waals surface area contributed by atoms with Crippen LogP contribution in [-0.2, 0) is 13.0 Å². The molecule has 174 valence electrons. The lowest BCUT2D eigenvalue weighted by Gasteiger charge is -2.18. The van der Waals surface area contributed by atoms with Gasteiger partial charge in [0.15, 0.2) is 5.82 Å². The minimum atomic E-state index is -0.209. The van der Waals surface area contributed by atoms with E-state index in [2.05, 4.69) is 20.8 Å². The third-order valence-corrected chi connectivity index (χ3v) is 5.27. The van der Waals surface area contributed by atoms with Crippen molar-refractivity contribution in [2.45, 2.75) is 19.9 Å². The van der Waals surface area contributed by atoms with Gasteiger partial charge >= 0.3 is 6.03 Å². The van der Waals surface area contributed by atoms with E-state index in [1.165, 1.54) is 0 Å². The molecule has 0 atom stereocenters. The highest BCUT2D eigenvalue weighted by molar-refractivity contribution is 5.94. The number of nitrogens with zero attached hydrogens (tertiary/aromatic N) is 3. The molecule has 0 radical (unpaired) electrons. The van der Waals surface area contributed by atoms with Gasteiger partial charge in [-0.2, -0.15) is 4.98 Å². The molecule has 4 aromatic rings. The van der Waals surface area contributed by atoms with Gasteiger partial charge in [0.25, 0.3) is 11.8 Å². The number of hydrogen-bond acceptors (Lipinski definition) is 6. The zero-order chi connectivity index (χ0) is 23.9. The number of aromatic nitrogens is 2. The Morgan fingerprint density at radius 1 is 1.03 bits per heavy atom. The molecular weight excluding hydrogens is 434 g/mol. The highest BCUT2D eigenvalue weighted by Crippen LogP contribution is 2.18. The van der Waals surface area contributed by atoms with Crippen LogP contribution in [0.5, 0.6) is 0 Å². The lowest BCUT2D eigenvalue weighted by molar-refractivity contribution is 0.0948. The Bertz CT molecular complexity index is 1250. The summed E-state index contributed by atoms with van der Waals surface area (Å²) in [6, 6.07) is 17.9. The number of carbonyl (C=O) groups is 2. The van der Waals surface area contributed by atoms with E-state index < -0.39 is 0 Å². The summed E-state index contributed by atoms with van der Waals surface area (Å²) in [5.41, 5.74) is 2.98. The van der Waals surface area contributed by atoms with Gasteiger partial charge in [0.05, 0.1) is 12.8 Å². The van der Waals surface area contributed by atoms with Crippen molar-refractivity contribution in [2.75, 3.05) is 18.9 Å². The van der Waals surface area contributed by atoms with Gasteiger partial charge in [-0.1, -0.05) is 23.4 Å². The van der Waals surface area contributed by atoms with Crippen molar-refractivity contribution in [2.24, 2.45) is 0 Å². The first-order chi connectivity index (χ1) is 16.5. The highest BCUT2D eigenvalue weighted by Gasteiger charge is 2.14. The molecule has 0 fully saturated rings. The molecule has 0 aliphatic carbocycles. The van der Waals surface area contributed by atoms with Gasteiger partial charge in [-0.3, -0.25) is 4.79 Å². The number of amides is 3. The maximum atomic E-state index is 12.4. The second-order valence-electron chi connectivity index (χ2n) is 7.77. The first kappa shape index (κ1) is 22.8. The van der Waals surface area contributed by atoms with Gasteiger partial charge in [-0.25, -0.2) is 4.79 Å². The lowest BCUT2D eigenvalue weighted by atomic mass is 10.1. The molecule has 4 rings (SSSR count). The van der Waals surface area contributed by atoms with Gasteiger partial charge in [0.1, 0.15) is 5.76 Å². The summed E-state index contributed by atoms with van der Waals surface area (Å²) in [5, 5.41) is 9.69. The zero-order valence-electron chi connectivity index (χ0n) is 18.9. The maximum absolute atomic E-state index is 12.4. The largest absolute Gasteiger partial charge is 0.467 e. The van der Waals surface area contributed by atoms with Crippen LogP contribution in [0.4, 0.5) is 10.5 Å². The number of likely N-dealkylation sites (N-methyl/N-ethyl adjacent to an activating group) is 1. The minimum Gasteiger partial charge on any atom is -0.467 e. The summed E-state index contributed by atoms with van der Waals surface area (Å²) in [4.78, 5) is 30.7. The number of hydrogen-bond donors (Lipinski definition) is 2. The van der Waals surface area contributed by atoms with Crippen molar-refractivity contribution in [3.63, 3.8) is 0 Å². The van der Waals surface area contributed by atoms with Crippen LogP contribution in [0.2, 0.25) is 0 Å². The molecule has 0 spiro atoms. The van der Waals surface area contributed by atoms with Crippen molar-refractivity contribution in [1.82, 2.24) is 20.4 Å². The second kappa shape index (κ2) is 10.5. The van der Waals surface area contributed by atoms with Gasteiger partial charge in [-0.15, -0.1) is 0 Å². The monoisotopic (exact) mass is 459 g/mol. The molecular formula is C25H25N5O4. The van der Waals surface area contributed by atoms with E-state index in [0.717, 1.165) is 11.3 Å². The highest BCUT2D eigenvalue weighted by atomic mass is 16.5. The Hall–Kier alpha value is -4.40. The summed E-state index contributed by atoms with van der Waals surface area (Å²) in [7, 11) is 1.71. The normalized spacial score (nSPS) is 10.6. The van der Waals surface area contributed by atoms with Gasteiger partial charge in [0, 0.05) is 36.8 Å². The minimum absolute atomic E-state index is 0.207. The third kappa shape index (κ3) is 5.69. The molecule has 0 saturated carbocycles. The van der Waals surface area contributed by atoms with Crippen LogP contribution in [0.15, 0.2) is 75.9 Å². The van der Waals surface area contributed by atoms with Gasteiger partial charge in [0.2, 0.25) is 0 Å². The standard InChI is InChI=1S/C25H25N5O4/c1-17-6-3-4-8-21(17)27-25(32)30(2)14-13-22-28-24(34-29-22)19-11-9-18(10-12-19)23(31)26-16-20-7-5-15-33-20/h3-12,15H,13-14,16H2,1-2H3,(H,26,31)(H,27,32). The number of para-hydroxylation sites is 1. The van der Waals surface area contributed by atoms with Crippen LogP contribution in [0, 0.1) is 6.92 Å². The zero-order valence-corrected chi connectivity index (χ0v) is 18.9. The summed E-state index contributed by atoms with van der Waals surface area (Å²) < 4.78 is 10.6. The van der Waals surface area contributed by atoms with Crippen LogP contribution in [0.25, 0.3) is 11.5 Å². The number of anilines is 1. The van der Waals surface area contributed by atoms with Crippen molar-refractivity contribution < 1.29 is 18.5 Å². The first-order valence-electron chi connectivity index (χ1n) is 10.8. The number of carbonyl (C=O) groups excluding carboxylic acids is 2. The van der Waals surface area contributed by atoms with Gasteiger partial charge in [-0.05, 0) is 55.0 Å². The summed E-state index contributed by atoms with van der Waals surface area (Å²) in [6.07, 6.45) is 2.00. The van der Waals surface area contributed by atoms with E-state index >= 15 is 0 Å². The first-order valence-corrected chi connectivity index (χ1v) is 10.8.